The Hall–Kier alpha value is -2.54. The first-order valence-electron chi connectivity index (χ1n) is 15.8. The minimum absolute atomic E-state index is 0.0900. The lowest BCUT2D eigenvalue weighted by Crippen LogP contribution is -2.38. The summed E-state index contributed by atoms with van der Waals surface area (Å²) in [4.78, 5) is 11.9. The van der Waals surface area contributed by atoms with Crippen molar-refractivity contribution in [1.29, 1.82) is 0 Å². The summed E-state index contributed by atoms with van der Waals surface area (Å²) in [6.07, 6.45) is 15.3. The van der Waals surface area contributed by atoms with Gasteiger partial charge < -0.3 is 18.5 Å². The van der Waals surface area contributed by atoms with Crippen molar-refractivity contribution in [1.82, 2.24) is 0 Å². The Morgan fingerprint density at radius 1 is 0.814 bits per heavy atom. The molecule has 0 amide bonds. The van der Waals surface area contributed by atoms with Gasteiger partial charge in [-0.25, -0.2) is 4.57 Å². The third-order valence-electron chi connectivity index (χ3n) is 7.67. The molecule has 0 spiro atoms. The first-order chi connectivity index (χ1) is 20.7. The molecular formula is C34H51NO6PS+. The van der Waals surface area contributed by atoms with Crippen LogP contribution in [0.3, 0.4) is 0 Å². The van der Waals surface area contributed by atoms with E-state index in [2.05, 4.69) is 32.3 Å². The van der Waals surface area contributed by atoms with Crippen molar-refractivity contribution in [2.75, 3.05) is 13.7 Å². The van der Waals surface area contributed by atoms with Crippen molar-refractivity contribution in [3.05, 3.63) is 63.6 Å². The second-order valence-electron chi connectivity index (χ2n) is 11.2. The van der Waals surface area contributed by atoms with Crippen LogP contribution in [0.2, 0.25) is 0 Å². The lowest BCUT2D eigenvalue weighted by Gasteiger charge is -2.18. The maximum Gasteiger partial charge on any atom is 0.585 e. The molecule has 0 aliphatic rings. The fourth-order valence-corrected chi connectivity index (χ4v) is 7.00. The summed E-state index contributed by atoms with van der Waals surface area (Å²) in [6.45, 7) is 9.73. The molecule has 3 rings (SSSR count). The molecule has 0 saturated carbocycles. The van der Waals surface area contributed by atoms with E-state index in [-0.39, 0.29) is 17.2 Å². The van der Waals surface area contributed by atoms with Gasteiger partial charge >= 0.3 is 7.82 Å². The van der Waals surface area contributed by atoms with Gasteiger partial charge in [0.15, 0.2) is 23.7 Å². The third-order valence-corrected chi connectivity index (χ3v) is 9.66. The number of rotatable bonds is 21. The van der Waals surface area contributed by atoms with E-state index in [9.17, 15) is 9.46 Å². The molecule has 0 aliphatic heterocycles. The minimum Gasteiger partial charge on any atom is -0.490 e. The molecule has 3 aromatic rings. The number of phosphoric ester groups is 1. The highest BCUT2D eigenvalue weighted by Crippen LogP contribution is 2.49. The number of hydrogen-bond donors (Lipinski definition) is 1. The maximum atomic E-state index is 13.0. The molecule has 1 heterocycles. The highest BCUT2D eigenvalue weighted by molar-refractivity contribution is 7.48. The Kier molecular flexibility index (Phi) is 14.9. The van der Waals surface area contributed by atoms with E-state index < -0.39 is 7.82 Å². The summed E-state index contributed by atoms with van der Waals surface area (Å²) in [5.74, 6) is 1.08. The number of hydrogen-bond acceptors (Lipinski definition) is 6. The van der Waals surface area contributed by atoms with Crippen LogP contribution in [-0.2, 0) is 11.1 Å². The van der Waals surface area contributed by atoms with Crippen LogP contribution in [0.4, 0.5) is 0 Å². The van der Waals surface area contributed by atoms with Crippen LogP contribution in [0.15, 0.2) is 42.5 Å². The number of thiazole rings is 1. The van der Waals surface area contributed by atoms with Gasteiger partial charge in [0.2, 0.25) is 10.8 Å². The summed E-state index contributed by atoms with van der Waals surface area (Å²) in [5.41, 5.74) is 2.16. The Bertz CT molecular complexity index is 1310. The largest absolute Gasteiger partial charge is 0.585 e. The van der Waals surface area contributed by atoms with Crippen molar-refractivity contribution in [3.63, 3.8) is 0 Å². The summed E-state index contributed by atoms with van der Waals surface area (Å²) >= 11 is 1.75. The van der Waals surface area contributed by atoms with Crippen LogP contribution in [-0.4, -0.2) is 18.6 Å². The summed E-state index contributed by atoms with van der Waals surface area (Å²) in [6, 6.07) is 12.2. The van der Waals surface area contributed by atoms with E-state index in [4.69, 9.17) is 18.5 Å². The maximum absolute atomic E-state index is 13.0. The molecule has 2 aromatic carbocycles. The molecule has 0 saturated heterocycles. The van der Waals surface area contributed by atoms with Gasteiger partial charge in [0.1, 0.15) is 5.75 Å². The van der Waals surface area contributed by atoms with Gasteiger partial charge in [-0.2, -0.15) is 4.57 Å². The standard InChI is InChI=1S/C34H50NO6PS/c1-6-7-8-9-10-11-12-13-14-15-16-17-24-39-32-22-19-23-33(34(32)38-5)41-42(36,37)40-31-21-18-20-30(25-31)26-35-27(2)28(3)43-29(35)4/h18-23,25H,6-17,24,26H2,1-5H3/p+1. The van der Waals surface area contributed by atoms with E-state index in [1.54, 1.807) is 47.7 Å². The van der Waals surface area contributed by atoms with Crippen molar-refractivity contribution in [2.45, 2.75) is 111 Å². The van der Waals surface area contributed by atoms with Crippen LogP contribution < -0.4 is 23.1 Å². The number of para-hydroxylation sites is 1. The number of unbranched alkanes of at least 4 members (excludes halogenated alkanes) is 11. The molecule has 1 N–H and O–H groups in total. The van der Waals surface area contributed by atoms with Crippen LogP contribution in [0.25, 0.3) is 0 Å². The molecule has 0 bridgehead atoms. The Labute approximate surface area is 262 Å². The number of aromatic nitrogens is 1. The zero-order chi connectivity index (χ0) is 31.1. The molecule has 0 aliphatic carbocycles. The lowest BCUT2D eigenvalue weighted by molar-refractivity contribution is -0.695. The second-order valence-corrected chi connectivity index (χ2v) is 13.9. The zero-order valence-electron chi connectivity index (χ0n) is 26.7. The van der Waals surface area contributed by atoms with E-state index in [0.29, 0.717) is 18.9 Å². The summed E-state index contributed by atoms with van der Waals surface area (Å²) in [7, 11) is -3.03. The fourth-order valence-electron chi connectivity index (χ4n) is 5.17. The van der Waals surface area contributed by atoms with Gasteiger partial charge in [-0.1, -0.05) is 107 Å². The number of aryl methyl sites for hydroxylation is 2. The average Bonchev–Trinajstić information content (AvgIpc) is 3.21. The molecule has 0 fully saturated rings. The number of nitrogens with zero attached hydrogens (tertiary/aromatic N) is 1. The summed E-state index contributed by atoms with van der Waals surface area (Å²) in [5, 5.41) is 1.20. The second kappa shape index (κ2) is 18.3. The first-order valence-corrected chi connectivity index (χ1v) is 18.1. The van der Waals surface area contributed by atoms with Crippen molar-refractivity contribution >= 4 is 19.2 Å². The van der Waals surface area contributed by atoms with Gasteiger partial charge in [0, 0.05) is 19.4 Å². The minimum atomic E-state index is -4.51. The van der Waals surface area contributed by atoms with E-state index in [1.165, 1.54) is 86.9 Å². The molecular weight excluding hydrogens is 581 g/mol. The fraction of sp³-hybridized carbons (Fsp3) is 0.559. The predicted molar refractivity (Wildman–Crippen MR) is 175 cm³/mol. The Balaban J connectivity index is 1.46. The van der Waals surface area contributed by atoms with Gasteiger partial charge in [-0.05, 0) is 37.6 Å². The number of phosphoric acid groups is 1. The van der Waals surface area contributed by atoms with Crippen molar-refractivity contribution < 1.29 is 32.5 Å². The van der Waals surface area contributed by atoms with Crippen LogP contribution >= 0.6 is 19.2 Å². The van der Waals surface area contributed by atoms with Crippen LogP contribution in [0.5, 0.6) is 23.0 Å². The molecule has 1 aromatic heterocycles. The van der Waals surface area contributed by atoms with E-state index in [1.807, 2.05) is 6.07 Å². The van der Waals surface area contributed by atoms with Crippen molar-refractivity contribution in [3.8, 4) is 23.0 Å². The zero-order valence-corrected chi connectivity index (χ0v) is 28.4. The molecule has 238 valence electrons. The third kappa shape index (κ3) is 11.8. The molecule has 1 atom stereocenters. The van der Waals surface area contributed by atoms with Crippen molar-refractivity contribution in [2.24, 2.45) is 0 Å². The highest BCUT2D eigenvalue weighted by atomic mass is 32.1. The molecule has 7 nitrogen and oxygen atoms in total. The smallest absolute Gasteiger partial charge is 0.490 e. The quantitative estimate of drug-likeness (QED) is 0.0716. The van der Waals surface area contributed by atoms with Gasteiger partial charge in [-0.3, -0.25) is 4.89 Å². The number of methoxy groups -OCH3 is 1. The monoisotopic (exact) mass is 632 g/mol. The van der Waals surface area contributed by atoms with Crippen LogP contribution in [0, 0.1) is 20.8 Å². The highest BCUT2D eigenvalue weighted by Gasteiger charge is 2.28. The number of benzene rings is 2. The molecule has 43 heavy (non-hydrogen) atoms. The van der Waals surface area contributed by atoms with Crippen LogP contribution in [0.1, 0.15) is 105 Å². The number of ether oxygens (including phenoxy) is 2. The lowest BCUT2D eigenvalue weighted by atomic mass is 10.1. The van der Waals surface area contributed by atoms with E-state index >= 15 is 0 Å². The summed E-state index contributed by atoms with van der Waals surface area (Å²) < 4.78 is 37.6. The van der Waals surface area contributed by atoms with Gasteiger partial charge in [0.25, 0.3) is 0 Å². The molecule has 9 heteroatoms. The normalized spacial score (nSPS) is 12.6. The van der Waals surface area contributed by atoms with Gasteiger partial charge in [-0.15, -0.1) is 0 Å². The SMILES string of the molecule is CCCCCCCCCCCCCCOc1cccc(OP(=O)(O)Oc2cccc(C[n+]3c(C)sc(C)c3C)c2)c1OC. The first kappa shape index (κ1) is 34.9. The Morgan fingerprint density at radius 2 is 1.42 bits per heavy atom. The van der Waals surface area contributed by atoms with Gasteiger partial charge in [0.05, 0.1) is 18.6 Å². The average molecular weight is 633 g/mol. The Morgan fingerprint density at radius 3 is 2.02 bits per heavy atom. The predicted octanol–water partition coefficient (Wildman–Crippen LogP) is 9.66. The van der Waals surface area contributed by atoms with E-state index in [0.717, 1.165) is 18.4 Å². The molecule has 0 radical (unpaired) electrons. The topological polar surface area (TPSA) is 78.1 Å². The molecule has 1 unspecified atom stereocenters.